The smallest absolute Gasteiger partial charge is 0.242 e. The lowest BCUT2D eigenvalue weighted by Gasteiger charge is -2.20. The molecule has 0 spiro atoms. The first-order chi connectivity index (χ1) is 15.1. The highest BCUT2D eigenvalue weighted by Crippen LogP contribution is 2.25. The highest BCUT2D eigenvalue weighted by Gasteiger charge is 2.25. The zero-order valence-corrected chi connectivity index (χ0v) is 18.7. The van der Waals surface area contributed by atoms with Crippen LogP contribution in [-0.4, -0.2) is 56.2 Å². The van der Waals surface area contributed by atoms with Gasteiger partial charge >= 0.3 is 0 Å². The Balaban J connectivity index is 1.49. The number of hydrogen-bond acceptors (Lipinski definition) is 5. The third kappa shape index (κ3) is 6.75. The lowest BCUT2D eigenvalue weighted by molar-refractivity contribution is -0.119. The third-order valence-electron chi connectivity index (χ3n) is 4.94. The van der Waals surface area contributed by atoms with Gasteiger partial charge in [-0.15, -0.1) is 0 Å². The average molecular weight is 445 g/mol. The quantitative estimate of drug-likeness (QED) is 0.427. The minimum atomic E-state index is -0.138. The summed E-state index contributed by atoms with van der Waals surface area (Å²) in [6.07, 6.45) is 2.68. The van der Waals surface area contributed by atoms with Gasteiger partial charge in [-0.25, -0.2) is 9.98 Å². The third-order valence-corrected chi connectivity index (χ3v) is 5.24. The summed E-state index contributed by atoms with van der Waals surface area (Å²) in [6, 6.07) is 11.5. The van der Waals surface area contributed by atoms with Gasteiger partial charge in [0.2, 0.25) is 5.91 Å². The van der Waals surface area contributed by atoms with Crippen molar-refractivity contribution in [1.82, 2.24) is 20.9 Å². The maximum atomic E-state index is 12.2. The molecule has 1 unspecified atom stereocenters. The number of nitrogens with one attached hydrogen (secondary N) is 3. The molecule has 31 heavy (non-hydrogen) atoms. The number of hydrogen-bond donors (Lipinski definition) is 3. The molecule has 3 rings (SSSR count). The normalized spacial score (nSPS) is 16.2. The van der Waals surface area contributed by atoms with Crippen molar-refractivity contribution in [2.45, 2.75) is 25.9 Å². The van der Waals surface area contributed by atoms with E-state index in [0.29, 0.717) is 24.1 Å². The molecule has 1 amide bonds. The van der Waals surface area contributed by atoms with Crippen molar-refractivity contribution in [3.63, 3.8) is 0 Å². The van der Waals surface area contributed by atoms with Crippen molar-refractivity contribution in [3.05, 3.63) is 53.2 Å². The second-order valence-corrected chi connectivity index (χ2v) is 7.61. The number of carbonyl (C=O) groups is 1. The first-order valence-corrected chi connectivity index (χ1v) is 10.8. The van der Waals surface area contributed by atoms with Crippen LogP contribution < -0.4 is 25.6 Å². The molecule has 1 aliphatic heterocycles. The number of pyridine rings is 1. The molecule has 3 N–H and O–H groups in total. The molecule has 0 aliphatic carbocycles. The van der Waals surface area contributed by atoms with Crippen LogP contribution in [0.25, 0.3) is 0 Å². The Labute approximate surface area is 188 Å². The molecule has 2 heterocycles. The fraction of sp³-hybridized carbons (Fsp3) is 0.409. The topological polar surface area (TPSA) is 90.9 Å². The number of methoxy groups -OCH3 is 1. The summed E-state index contributed by atoms with van der Waals surface area (Å²) in [5, 5.41) is 10.2. The fourth-order valence-electron chi connectivity index (χ4n) is 3.34. The van der Waals surface area contributed by atoms with Gasteiger partial charge < -0.3 is 25.6 Å². The van der Waals surface area contributed by atoms with Gasteiger partial charge in [-0.3, -0.25) is 4.79 Å². The summed E-state index contributed by atoms with van der Waals surface area (Å²) < 4.78 is 5.14. The van der Waals surface area contributed by atoms with Crippen LogP contribution in [0.3, 0.4) is 0 Å². The van der Waals surface area contributed by atoms with Crippen LogP contribution in [0, 0.1) is 0 Å². The van der Waals surface area contributed by atoms with Crippen LogP contribution in [-0.2, 0) is 11.3 Å². The minimum Gasteiger partial charge on any atom is -0.497 e. The fourth-order valence-corrected chi connectivity index (χ4v) is 3.59. The molecule has 1 aromatic carbocycles. The second-order valence-electron chi connectivity index (χ2n) is 7.20. The Morgan fingerprint density at radius 1 is 1.29 bits per heavy atom. The number of rotatable bonds is 8. The summed E-state index contributed by atoms with van der Waals surface area (Å²) in [4.78, 5) is 23.2. The Kier molecular flexibility index (Phi) is 8.35. The van der Waals surface area contributed by atoms with Crippen molar-refractivity contribution >= 4 is 29.3 Å². The van der Waals surface area contributed by atoms with Crippen molar-refractivity contribution in [2.24, 2.45) is 4.99 Å². The molecular formula is C22H29ClN6O2. The molecule has 2 aromatic rings. The number of nitrogens with zero attached hydrogens (tertiary/aromatic N) is 3. The van der Waals surface area contributed by atoms with E-state index in [0.717, 1.165) is 36.6 Å². The standard InChI is InChI=1S/C22H29ClN6O2/c1-3-24-22(27-14-20(30)26-13-16-6-8-18(31-2)9-7-16)28-17-10-12-29(15-17)21-19(23)5-4-11-25-21/h4-9,11,17H,3,10,12-15H2,1-2H3,(H,26,30)(H2,24,27,28). The zero-order chi connectivity index (χ0) is 22.1. The maximum absolute atomic E-state index is 12.2. The van der Waals surface area contributed by atoms with Gasteiger partial charge in [-0.2, -0.15) is 0 Å². The summed E-state index contributed by atoms with van der Waals surface area (Å²) in [6.45, 7) is 4.83. The molecular weight excluding hydrogens is 416 g/mol. The van der Waals surface area contributed by atoms with Gasteiger partial charge in [0.15, 0.2) is 5.96 Å². The summed E-state index contributed by atoms with van der Waals surface area (Å²) in [5.41, 5.74) is 1.00. The van der Waals surface area contributed by atoms with E-state index in [-0.39, 0.29) is 18.5 Å². The van der Waals surface area contributed by atoms with E-state index in [9.17, 15) is 4.79 Å². The molecule has 0 radical (unpaired) electrons. The summed E-state index contributed by atoms with van der Waals surface area (Å²) in [5.74, 6) is 2.08. The van der Waals surface area contributed by atoms with Crippen LogP contribution in [0.2, 0.25) is 5.02 Å². The first kappa shape index (κ1) is 22.7. The Morgan fingerprint density at radius 2 is 2.10 bits per heavy atom. The van der Waals surface area contributed by atoms with Crippen molar-refractivity contribution in [1.29, 1.82) is 0 Å². The van der Waals surface area contributed by atoms with E-state index in [1.165, 1.54) is 0 Å². The number of aromatic nitrogens is 1. The van der Waals surface area contributed by atoms with Crippen LogP contribution in [0.15, 0.2) is 47.6 Å². The van der Waals surface area contributed by atoms with E-state index in [1.807, 2.05) is 43.3 Å². The minimum absolute atomic E-state index is 0.0496. The zero-order valence-electron chi connectivity index (χ0n) is 17.9. The number of benzene rings is 1. The Morgan fingerprint density at radius 3 is 2.81 bits per heavy atom. The van der Waals surface area contributed by atoms with Crippen LogP contribution >= 0.6 is 11.6 Å². The SMILES string of the molecule is CCNC(=NCC(=O)NCc1ccc(OC)cc1)NC1CCN(c2ncccc2Cl)C1. The lowest BCUT2D eigenvalue weighted by atomic mass is 10.2. The van der Waals surface area contributed by atoms with Crippen molar-refractivity contribution in [2.75, 3.05) is 38.2 Å². The number of carbonyl (C=O) groups excluding carboxylic acids is 1. The number of ether oxygens (including phenoxy) is 1. The van der Waals surface area contributed by atoms with Crippen LogP contribution in [0.4, 0.5) is 5.82 Å². The van der Waals surface area contributed by atoms with Gasteiger partial charge in [0.05, 0.1) is 12.1 Å². The molecule has 1 aromatic heterocycles. The molecule has 9 heteroatoms. The average Bonchev–Trinajstić information content (AvgIpc) is 3.25. The molecule has 1 saturated heterocycles. The van der Waals surface area contributed by atoms with Gasteiger partial charge in [0.25, 0.3) is 0 Å². The molecule has 0 saturated carbocycles. The summed E-state index contributed by atoms with van der Waals surface area (Å²) in [7, 11) is 1.63. The van der Waals surface area contributed by atoms with E-state index in [4.69, 9.17) is 16.3 Å². The van der Waals surface area contributed by atoms with Crippen molar-refractivity contribution < 1.29 is 9.53 Å². The molecule has 8 nitrogen and oxygen atoms in total. The van der Waals surface area contributed by atoms with E-state index in [2.05, 4.69) is 30.8 Å². The Bertz CT molecular complexity index is 890. The molecule has 1 fully saturated rings. The molecule has 1 atom stereocenters. The molecule has 1 aliphatic rings. The lowest BCUT2D eigenvalue weighted by Crippen LogP contribution is -2.45. The second kappa shape index (κ2) is 11.4. The van der Waals surface area contributed by atoms with E-state index >= 15 is 0 Å². The highest BCUT2D eigenvalue weighted by molar-refractivity contribution is 6.32. The molecule has 166 valence electrons. The van der Waals surface area contributed by atoms with E-state index in [1.54, 1.807) is 13.3 Å². The summed E-state index contributed by atoms with van der Waals surface area (Å²) >= 11 is 6.27. The Hall–Kier alpha value is -3.00. The highest BCUT2D eigenvalue weighted by atomic mass is 35.5. The number of aliphatic imine (C=N–C) groups is 1. The van der Waals surface area contributed by atoms with Crippen LogP contribution in [0.1, 0.15) is 18.9 Å². The maximum Gasteiger partial charge on any atom is 0.242 e. The molecule has 0 bridgehead atoms. The predicted molar refractivity (Wildman–Crippen MR) is 124 cm³/mol. The largest absolute Gasteiger partial charge is 0.497 e. The van der Waals surface area contributed by atoms with Gasteiger partial charge in [0.1, 0.15) is 18.1 Å². The first-order valence-electron chi connectivity index (χ1n) is 10.4. The van der Waals surface area contributed by atoms with E-state index < -0.39 is 0 Å². The number of anilines is 1. The predicted octanol–water partition coefficient (Wildman–Crippen LogP) is 2.19. The van der Waals surface area contributed by atoms with Gasteiger partial charge in [0, 0.05) is 38.4 Å². The van der Waals surface area contributed by atoms with Gasteiger partial charge in [-0.05, 0) is 43.2 Å². The monoisotopic (exact) mass is 444 g/mol. The number of guanidine groups is 1. The number of halogens is 1. The number of amides is 1. The van der Waals surface area contributed by atoms with Crippen molar-refractivity contribution in [3.8, 4) is 5.75 Å². The van der Waals surface area contributed by atoms with Crippen LogP contribution in [0.5, 0.6) is 5.75 Å². The van der Waals surface area contributed by atoms with Gasteiger partial charge in [-0.1, -0.05) is 23.7 Å².